The number of carbonyl (C=O) groups excluding carboxylic acids is 1. The van der Waals surface area contributed by atoms with Crippen LogP contribution in [-0.2, 0) is 4.79 Å². The topological polar surface area (TPSA) is 17.1 Å². The molecule has 0 aromatic rings. The first-order valence-corrected chi connectivity index (χ1v) is 11.4. The Hall–Kier alpha value is -1.37. The van der Waals surface area contributed by atoms with Crippen LogP contribution < -0.4 is 0 Å². The van der Waals surface area contributed by atoms with Crippen molar-refractivity contribution in [2.24, 2.45) is 23.2 Å². The Morgan fingerprint density at radius 2 is 1.89 bits per heavy atom. The maximum atomic E-state index is 11.9. The molecule has 4 rings (SSSR count). The molecule has 4 aliphatic rings. The molecule has 0 N–H and O–H groups in total. The highest BCUT2D eigenvalue weighted by atomic mass is 16.1. The lowest BCUT2D eigenvalue weighted by atomic mass is 9.63. The van der Waals surface area contributed by atoms with Crippen LogP contribution in [0.2, 0.25) is 0 Å². The SMILES string of the molecule is C=C1CCCC/C1=C/C=C1\CCCC2(C)C(C/C=C/C(=O)C3CC3)CC[C@@H]12. The maximum Gasteiger partial charge on any atom is 0.158 e. The van der Waals surface area contributed by atoms with Crippen LogP contribution in [0, 0.1) is 23.2 Å². The molecule has 0 heterocycles. The van der Waals surface area contributed by atoms with Gasteiger partial charge in [0.15, 0.2) is 5.78 Å². The van der Waals surface area contributed by atoms with Crippen LogP contribution in [-0.4, -0.2) is 5.78 Å². The Labute approximate surface area is 165 Å². The van der Waals surface area contributed by atoms with Gasteiger partial charge in [0.2, 0.25) is 0 Å². The summed E-state index contributed by atoms with van der Waals surface area (Å²) in [5, 5.41) is 0. The second kappa shape index (κ2) is 7.94. The molecule has 0 amide bonds. The minimum atomic E-state index is 0.361. The summed E-state index contributed by atoms with van der Waals surface area (Å²) in [6, 6.07) is 0. The van der Waals surface area contributed by atoms with Crippen LogP contribution in [0.5, 0.6) is 0 Å². The number of fused-ring (bicyclic) bond motifs is 1. The normalized spacial score (nSPS) is 37.3. The molecule has 0 saturated heterocycles. The molecule has 0 bridgehead atoms. The quantitative estimate of drug-likeness (QED) is 0.475. The number of carbonyl (C=O) groups is 1. The summed E-state index contributed by atoms with van der Waals surface area (Å²) < 4.78 is 0. The fraction of sp³-hybridized carbons (Fsp3) is 0.654. The van der Waals surface area contributed by atoms with E-state index in [-0.39, 0.29) is 0 Å². The van der Waals surface area contributed by atoms with Crippen molar-refractivity contribution in [2.45, 2.75) is 84.0 Å². The summed E-state index contributed by atoms with van der Waals surface area (Å²) in [7, 11) is 0. The smallest absolute Gasteiger partial charge is 0.158 e. The molecule has 0 aliphatic heterocycles. The standard InChI is InChI=1S/C26H36O/c1-19-7-3-4-8-20(19)12-13-21-9-6-18-26(2)23(16-17-24(21)26)10-5-11-25(27)22-14-15-22/h5,11-13,22-24H,1,3-4,6-10,14-18H2,2H3/b11-5+,20-12-,21-13+/t23?,24-,26?/m0/s1. The highest BCUT2D eigenvalue weighted by Gasteiger charge is 2.48. The molecule has 0 spiro atoms. The van der Waals surface area contributed by atoms with E-state index in [9.17, 15) is 4.79 Å². The summed E-state index contributed by atoms with van der Waals surface area (Å²) in [4.78, 5) is 11.9. The lowest BCUT2D eigenvalue weighted by Gasteiger charge is -2.42. The highest BCUT2D eigenvalue weighted by Crippen LogP contribution is 2.58. The van der Waals surface area contributed by atoms with Crippen LogP contribution in [0.15, 0.2) is 47.6 Å². The predicted octanol–water partition coefficient (Wildman–Crippen LogP) is 7.11. The summed E-state index contributed by atoms with van der Waals surface area (Å²) in [6.07, 6.45) is 23.9. The zero-order valence-electron chi connectivity index (χ0n) is 17.1. The molecule has 3 atom stereocenters. The Balaban J connectivity index is 1.43. The van der Waals surface area contributed by atoms with Gasteiger partial charge in [0.05, 0.1) is 0 Å². The van der Waals surface area contributed by atoms with E-state index < -0.39 is 0 Å². The first kappa shape index (κ1) is 19.0. The van der Waals surface area contributed by atoms with E-state index in [0.29, 0.717) is 17.1 Å². The minimum Gasteiger partial charge on any atom is -0.295 e. The monoisotopic (exact) mass is 364 g/mol. The van der Waals surface area contributed by atoms with Crippen LogP contribution in [0.1, 0.15) is 84.0 Å². The third-order valence-electron chi connectivity index (χ3n) is 7.97. The molecule has 0 aromatic heterocycles. The molecule has 1 heteroatoms. The van der Waals surface area contributed by atoms with Gasteiger partial charge in [-0.05, 0) is 106 Å². The van der Waals surface area contributed by atoms with E-state index in [1.165, 1.54) is 68.9 Å². The zero-order chi connectivity index (χ0) is 18.9. The molecule has 4 saturated carbocycles. The largest absolute Gasteiger partial charge is 0.295 e. The molecule has 4 aliphatic carbocycles. The lowest BCUT2D eigenvalue weighted by Crippen LogP contribution is -2.33. The molecule has 0 aromatic carbocycles. The molecule has 4 fully saturated rings. The van der Waals surface area contributed by atoms with Crippen molar-refractivity contribution < 1.29 is 4.79 Å². The van der Waals surface area contributed by atoms with Crippen LogP contribution in [0.4, 0.5) is 0 Å². The van der Waals surface area contributed by atoms with Crippen molar-refractivity contribution in [1.82, 2.24) is 0 Å². The van der Waals surface area contributed by atoms with E-state index in [4.69, 9.17) is 0 Å². The van der Waals surface area contributed by atoms with E-state index in [2.05, 4.69) is 31.7 Å². The maximum absolute atomic E-state index is 11.9. The third-order valence-corrected chi connectivity index (χ3v) is 7.97. The van der Waals surface area contributed by atoms with Crippen molar-refractivity contribution in [1.29, 1.82) is 0 Å². The van der Waals surface area contributed by atoms with Gasteiger partial charge >= 0.3 is 0 Å². The van der Waals surface area contributed by atoms with Gasteiger partial charge in [0.1, 0.15) is 0 Å². The second-order valence-electron chi connectivity index (χ2n) is 9.75. The zero-order valence-corrected chi connectivity index (χ0v) is 17.1. The van der Waals surface area contributed by atoms with Gasteiger partial charge in [-0.3, -0.25) is 4.79 Å². The van der Waals surface area contributed by atoms with E-state index >= 15 is 0 Å². The molecular weight excluding hydrogens is 328 g/mol. The third kappa shape index (κ3) is 4.08. The number of ketones is 1. The highest BCUT2D eigenvalue weighted by molar-refractivity contribution is 5.93. The van der Waals surface area contributed by atoms with Gasteiger partial charge in [-0.2, -0.15) is 0 Å². The van der Waals surface area contributed by atoms with E-state index in [1.807, 2.05) is 6.08 Å². The fourth-order valence-electron chi connectivity index (χ4n) is 5.99. The van der Waals surface area contributed by atoms with Crippen molar-refractivity contribution >= 4 is 5.78 Å². The van der Waals surface area contributed by atoms with E-state index in [1.54, 1.807) is 5.57 Å². The first-order chi connectivity index (χ1) is 13.1. The average molecular weight is 365 g/mol. The summed E-state index contributed by atoms with van der Waals surface area (Å²) in [5.74, 6) is 2.22. The minimum absolute atomic E-state index is 0.361. The number of allylic oxidation sites excluding steroid dienone is 7. The second-order valence-corrected chi connectivity index (χ2v) is 9.75. The van der Waals surface area contributed by atoms with Crippen molar-refractivity contribution in [3.63, 3.8) is 0 Å². The average Bonchev–Trinajstić information content (AvgIpc) is 3.45. The molecule has 146 valence electrons. The van der Waals surface area contributed by atoms with Gasteiger partial charge in [-0.1, -0.05) is 42.9 Å². The van der Waals surface area contributed by atoms with Crippen molar-refractivity contribution in [3.8, 4) is 0 Å². The fourth-order valence-corrected chi connectivity index (χ4v) is 5.99. The van der Waals surface area contributed by atoms with Crippen molar-refractivity contribution in [2.75, 3.05) is 0 Å². The van der Waals surface area contributed by atoms with Crippen LogP contribution in [0.3, 0.4) is 0 Å². The van der Waals surface area contributed by atoms with Gasteiger partial charge in [0, 0.05) is 5.92 Å². The molecule has 2 unspecified atom stereocenters. The molecule has 27 heavy (non-hydrogen) atoms. The van der Waals surface area contributed by atoms with Crippen molar-refractivity contribution in [3.05, 3.63) is 47.6 Å². The summed E-state index contributed by atoms with van der Waals surface area (Å²) in [5.41, 5.74) is 4.98. The predicted molar refractivity (Wildman–Crippen MR) is 113 cm³/mol. The summed E-state index contributed by atoms with van der Waals surface area (Å²) >= 11 is 0. The molecular formula is C26H36O. The Morgan fingerprint density at radius 1 is 1.07 bits per heavy atom. The molecule has 0 radical (unpaired) electrons. The van der Waals surface area contributed by atoms with Crippen LogP contribution >= 0.6 is 0 Å². The van der Waals surface area contributed by atoms with Gasteiger partial charge < -0.3 is 0 Å². The van der Waals surface area contributed by atoms with Gasteiger partial charge in [-0.15, -0.1) is 0 Å². The van der Waals surface area contributed by atoms with Gasteiger partial charge in [0.25, 0.3) is 0 Å². The van der Waals surface area contributed by atoms with Crippen LogP contribution in [0.25, 0.3) is 0 Å². The number of hydrogen-bond donors (Lipinski definition) is 0. The first-order valence-electron chi connectivity index (χ1n) is 11.4. The Bertz CT molecular complexity index is 687. The Kier molecular flexibility index (Phi) is 5.58. The summed E-state index contributed by atoms with van der Waals surface area (Å²) in [6.45, 7) is 6.82. The van der Waals surface area contributed by atoms with E-state index in [0.717, 1.165) is 31.1 Å². The lowest BCUT2D eigenvalue weighted by molar-refractivity contribution is -0.115. The Morgan fingerprint density at radius 3 is 2.67 bits per heavy atom. The molecule has 1 nitrogen and oxygen atoms in total. The van der Waals surface area contributed by atoms with Gasteiger partial charge in [-0.25, -0.2) is 0 Å². The number of rotatable bonds is 5. The number of hydrogen-bond acceptors (Lipinski definition) is 1.